The van der Waals surface area contributed by atoms with Crippen LogP contribution in [0.1, 0.15) is 88.0 Å². The van der Waals surface area contributed by atoms with E-state index in [0.717, 1.165) is 25.8 Å². The lowest BCUT2D eigenvalue weighted by Gasteiger charge is -1.97. The highest BCUT2D eigenvalue weighted by atomic mass is 14.5. The summed E-state index contributed by atoms with van der Waals surface area (Å²) in [7, 11) is 0. The van der Waals surface area contributed by atoms with Gasteiger partial charge >= 0.3 is 0 Å². The van der Waals surface area contributed by atoms with Gasteiger partial charge in [-0.05, 0) is 39.7 Å². The number of allylic oxidation sites excluding steroid dienone is 4. The first-order valence-corrected chi connectivity index (χ1v) is 8.09. The molecule has 19 heavy (non-hydrogen) atoms. The Bertz CT molecular complexity index is 176. The van der Waals surface area contributed by atoms with Gasteiger partial charge in [0.15, 0.2) is 0 Å². The molecule has 0 atom stereocenters. The molecule has 0 fully saturated rings. The van der Waals surface area contributed by atoms with E-state index in [0.29, 0.717) is 0 Å². The molecule has 0 saturated heterocycles. The monoisotopic (exact) mass is 271 g/mol. The fraction of sp³-hybridized carbons (Fsp3) is 0.778. The van der Waals surface area contributed by atoms with E-state index in [-0.39, 0.29) is 0 Å². The van der Waals surface area contributed by atoms with Gasteiger partial charge < -0.3 is 5.73 Å². The molecule has 1 heteroatoms. The fourth-order valence-electron chi connectivity index (χ4n) is 0.808. The highest BCUT2D eigenvalue weighted by Crippen LogP contribution is 2.08. The minimum Gasteiger partial charge on any atom is -0.330 e. The van der Waals surface area contributed by atoms with E-state index >= 15 is 0 Å². The molecule has 0 aliphatic heterocycles. The lowest BCUT2D eigenvalue weighted by Crippen LogP contribution is -1.93. The number of hydrogen-bond donors (Lipinski definition) is 1. The molecule has 0 saturated carbocycles. The molecule has 2 N–H and O–H groups in total. The quantitative estimate of drug-likeness (QED) is 0.580. The van der Waals surface area contributed by atoms with Gasteiger partial charge in [-0.1, -0.05) is 78.2 Å². The van der Waals surface area contributed by atoms with Crippen molar-refractivity contribution >= 4 is 0 Å². The minimum atomic E-state index is 0.819. The van der Waals surface area contributed by atoms with Gasteiger partial charge in [-0.3, -0.25) is 0 Å². The van der Waals surface area contributed by atoms with Crippen molar-refractivity contribution in [3.8, 4) is 0 Å². The molecule has 0 rings (SSSR count). The lowest BCUT2D eigenvalue weighted by atomic mass is 10.1. The molecule has 0 amide bonds. The number of nitrogens with two attached hydrogens (primary N) is 1. The normalized spacial score (nSPS) is 10.2. The van der Waals surface area contributed by atoms with Crippen LogP contribution in [0.2, 0.25) is 0 Å². The molecule has 0 aliphatic carbocycles. The Morgan fingerprint density at radius 3 is 1.47 bits per heavy atom. The molecular formula is C18H41N. The van der Waals surface area contributed by atoms with Crippen molar-refractivity contribution in [1.29, 1.82) is 0 Å². The van der Waals surface area contributed by atoms with Gasteiger partial charge in [0.2, 0.25) is 0 Å². The third kappa shape index (κ3) is 38.1. The highest BCUT2D eigenvalue weighted by molar-refractivity contribution is 5.21. The van der Waals surface area contributed by atoms with Crippen molar-refractivity contribution in [2.75, 3.05) is 6.54 Å². The standard InChI is InChI=1S/C10H18.C3H9N.C3H8.C2H6/c1-5-9(4)8-10(6-2)7-3;1-2-3-4;1-3-2;1-2/h6,8H,5,7H2,1-4H3;2-4H2,1H3;3H2,1-2H3;1-2H3/b9-8-,10-6-;;;. The summed E-state index contributed by atoms with van der Waals surface area (Å²) in [6.07, 6.45) is 9.12. The van der Waals surface area contributed by atoms with E-state index in [4.69, 9.17) is 5.73 Å². The third-order valence-electron chi connectivity index (χ3n) is 2.06. The van der Waals surface area contributed by atoms with Gasteiger partial charge in [0.05, 0.1) is 0 Å². The van der Waals surface area contributed by atoms with Crippen LogP contribution in [0, 0.1) is 0 Å². The molecule has 0 bridgehead atoms. The maximum absolute atomic E-state index is 5.03. The first kappa shape index (κ1) is 26.9. The molecule has 0 aromatic carbocycles. The van der Waals surface area contributed by atoms with Crippen molar-refractivity contribution in [3.05, 3.63) is 23.3 Å². The van der Waals surface area contributed by atoms with Crippen LogP contribution in [-0.4, -0.2) is 6.54 Å². The van der Waals surface area contributed by atoms with Crippen molar-refractivity contribution in [2.45, 2.75) is 88.0 Å². The summed E-state index contributed by atoms with van der Waals surface area (Å²) in [6, 6.07) is 0. The molecule has 0 heterocycles. The molecule has 118 valence electrons. The fourth-order valence-corrected chi connectivity index (χ4v) is 0.808. The Labute approximate surface area is 124 Å². The Hall–Kier alpha value is -0.560. The molecule has 0 aromatic heterocycles. The van der Waals surface area contributed by atoms with Crippen LogP contribution in [0.15, 0.2) is 23.3 Å². The zero-order valence-electron chi connectivity index (χ0n) is 15.3. The van der Waals surface area contributed by atoms with E-state index in [1.807, 2.05) is 13.8 Å². The molecule has 0 aromatic rings. The Morgan fingerprint density at radius 2 is 1.32 bits per heavy atom. The second-order valence-corrected chi connectivity index (χ2v) is 4.06. The maximum Gasteiger partial charge on any atom is -0.00799 e. The topological polar surface area (TPSA) is 26.0 Å². The average Bonchev–Trinajstić information content (AvgIpc) is 2.47. The summed E-state index contributed by atoms with van der Waals surface area (Å²) in [5.74, 6) is 0. The van der Waals surface area contributed by atoms with Crippen LogP contribution >= 0.6 is 0 Å². The lowest BCUT2D eigenvalue weighted by molar-refractivity contribution is 0.932. The Morgan fingerprint density at radius 1 is 0.947 bits per heavy atom. The summed E-state index contributed by atoms with van der Waals surface area (Å²) < 4.78 is 0. The summed E-state index contributed by atoms with van der Waals surface area (Å²) in [6.45, 7) is 19.8. The van der Waals surface area contributed by atoms with Gasteiger partial charge in [0, 0.05) is 0 Å². The largest absolute Gasteiger partial charge is 0.330 e. The second kappa shape index (κ2) is 30.5. The first-order valence-electron chi connectivity index (χ1n) is 8.09. The van der Waals surface area contributed by atoms with Gasteiger partial charge in [-0.25, -0.2) is 0 Å². The van der Waals surface area contributed by atoms with E-state index < -0.39 is 0 Å². The van der Waals surface area contributed by atoms with Crippen LogP contribution in [0.25, 0.3) is 0 Å². The van der Waals surface area contributed by atoms with Crippen LogP contribution in [-0.2, 0) is 0 Å². The average molecular weight is 272 g/mol. The van der Waals surface area contributed by atoms with E-state index in [2.05, 4.69) is 60.6 Å². The van der Waals surface area contributed by atoms with E-state index in [1.54, 1.807) is 0 Å². The van der Waals surface area contributed by atoms with Crippen LogP contribution in [0.3, 0.4) is 0 Å². The smallest absolute Gasteiger partial charge is 0.00799 e. The molecule has 0 unspecified atom stereocenters. The summed E-state index contributed by atoms with van der Waals surface area (Å²) in [4.78, 5) is 0. The third-order valence-corrected chi connectivity index (χ3v) is 2.06. The predicted molar refractivity (Wildman–Crippen MR) is 94.8 cm³/mol. The van der Waals surface area contributed by atoms with Crippen molar-refractivity contribution < 1.29 is 0 Å². The van der Waals surface area contributed by atoms with Crippen LogP contribution in [0.4, 0.5) is 0 Å². The van der Waals surface area contributed by atoms with Gasteiger partial charge in [0.1, 0.15) is 0 Å². The van der Waals surface area contributed by atoms with E-state index in [9.17, 15) is 0 Å². The SMILES string of the molecule is C/C=C(\C=C(\C)CC)CC.CC.CCC.CCCN. The predicted octanol–water partition coefficient (Wildman–Crippen LogP) is 6.50. The molecule has 0 radical (unpaired) electrons. The van der Waals surface area contributed by atoms with Gasteiger partial charge in [-0.15, -0.1) is 0 Å². The summed E-state index contributed by atoms with van der Waals surface area (Å²) in [5, 5.41) is 0. The molecule has 0 aliphatic rings. The van der Waals surface area contributed by atoms with Crippen molar-refractivity contribution in [1.82, 2.24) is 0 Å². The first-order chi connectivity index (χ1) is 9.07. The van der Waals surface area contributed by atoms with Gasteiger partial charge in [0.25, 0.3) is 0 Å². The molecule has 1 nitrogen and oxygen atoms in total. The highest BCUT2D eigenvalue weighted by Gasteiger charge is 1.87. The summed E-state index contributed by atoms with van der Waals surface area (Å²) in [5.41, 5.74) is 7.94. The van der Waals surface area contributed by atoms with Crippen LogP contribution in [0.5, 0.6) is 0 Å². The Kier molecular flexibility index (Phi) is 43.1. The molecular weight excluding hydrogens is 230 g/mol. The zero-order chi connectivity index (χ0) is 16.1. The Balaban J connectivity index is -0.000000104. The minimum absolute atomic E-state index is 0.819. The van der Waals surface area contributed by atoms with Gasteiger partial charge in [-0.2, -0.15) is 0 Å². The van der Waals surface area contributed by atoms with E-state index in [1.165, 1.54) is 17.6 Å². The number of hydrogen-bond acceptors (Lipinski definition) is 1. The summed E-state index contributed by atoms with van der Waals surface area (Å²) >= 11 is 0. The van der Waals surface area contributed by atoms with Crippen molar-refractivity contribution in [2.24, 2.45) is 5.73 Å². The zero-order valence-corrected chi connectivity index (χ0v) is 15.3. The van der Waals surface area contributed by atoms with Crippen LogP contribution < -0.4 is 5.73 Å². The van der Waals surface area contributed by atoms with Crippen molar-refractivity contribution in [3.63, 3.8) is 0 Å². The maximum atomic E-state index is 5.03. The second-order valence-electron chi connectivity index (χ2n) is 4.06. The number of rotatable bonds is 4. The molecule has 0 spiro atoms.